The summed E-state index contributed by atoms with van der Waals surface area (Å²) in [5.41, 5.74) is 3.09. The number of amides is 1. The van der Waals surface area contributed by atoms with Crippen molar-refractivity contribution in [3.8, 4) is 0 Å². The topological polar surface area (TPSA) is 71.0 Å². The lowest BCUT2D eigenvalue weighted by Gasteiger charge is -2.32. The number of aromatic nitrogens is 3. The first-order valence-electron chi connectivity index (χ1n) is 9.65. The Bertz CT molecular complexity index is 1280. The summed E-state index contributed by atoms with van der Waals surface area (Å²) in [6.45, 7) is 1.23. The first-order chi connectivity index (χ1) is 14.1. The molecule has 6 nitrogen and oxygen atoms in total. The number of carbonyl (C=O) groups is 1. The third kappa shape index (κ3) is 3.19. The lowest BCUT2D eigenvalue weighted by atomic mass is 10.0. The quantitative estimate of drug-likeness (QED) is 0.511. The van der Waals surface area contributed by atoms with E-state index < -0.39 is 0 Å². The number of halogens is 1. The van der Waals surface area contributed by atoms with Gasteiger partial charge in [0.1, 0.15) is 5.15 Å². The van der Waals surface area contributed by atoms with Gasteiger partial charge in [0, 0.05) is 30.1 Å². The third-order valence-corrected chi connectivity index (χ3v) is 5.85. The number of benzene rings is 2. The summed E-state index contributed by atoms with van der Waals surface area (Å²) in [6.07, 6.45) is 1.50. The number of imidazole rings is 1. The molecule has 0 saturated carbocycles. The molecule has 3 heterocycles. The lowest BCUT2D eigenvalue weighted by molar-refractivity contribution is 0.0695. The number of hydrogen-bond acceptors (Lipinski definition) is 3. The molecular formula is C22H19ClN4O2. The van der Waals surface area contributed by atoms with Crippen LogP contribution in [0, 0.1) is 0 Å². The Balaban J connectivity index is 1.35. The maximum atomic E-state index is 13.0. The molecule has 7 heteroatoms. The Morgan fingerprint density at radius 3 is 2.69 bits per heavy atom. The molecule has 0 spiro atoms. The van der Waals surface area contributed by atoms with Crippen molar-refractivity contribution in [2.45, 2.75) is 18.9 Å². The molecule has 1 aliphatic heterocycles. The van der Waals surface area contributed by atoms with E-state index in [2.05, 4.69) is 9.97 Å². The van der Waals surface area contributed by atoms with Crippen molar-refractivity contribution in [1.29, 1.82) is 0 Å². The van der Waals surface area contributed by atoms with Crippen LogP contribution < -0.4 is 5.69 Å². The van der Waals surface area contributed by atoms with Crippen molar-refractivity contribution in [2.75, 3.05) is 13.1 Å². The third-order valence-electron chi connectivity index (χ3n) is 5.64. The van der Waals surface area contributed by atoms with Gasteiger partial charge in [-0.05, 0) is 55.3 Å². The molecule has 4 aromatic rings. The minimum absolute atomic E-state index is 0.00609. The number of hydrogen-bond donors (Lipinski definition) is 1. The van der Waals surface area contributed by atoms with E-state index in [1.54, 1.807) is 12.1 Å². The summed E-state index contributed by atoms with van der Waals surface area (Å²) in [5, 5.41) is 1.33. The van der Waals surface area contributed by atoms with Crippen LogP contribution in [-0.2, 0) is 0 Å². The SMILES string of the molecule is O=C(c1ccc2nc(Cl)ccc2c1)N1CCC(n2c(=O)[nH]c3ccccc32)CC1. The number of para-hydroxylation sites is 2. The van der Waals surface area contributed by atoms with Crippen molar-refractivity contribution in [3.05, 3.63) is 75.8 Å². The number of nitrogens with one attached hydrogen (secondary N) is 1. The van der Waals surface area contributed by atoms with Gasteiger partial charge in [-0.15, -0.1) is 0 Å². The van der Waals surface area contributed by atoms with Gasteiger partial charge in [-0.1, -0.05) is 23.7 Å². The van der Waals surface area contributed by atoms with E-state index in [1.807, 2.05) is 51.9 Å². The molecule has 146 valence electrons. The van der Waals surface area contributed by atoms with E-state index >= 15 is 0 Å². The maximum Gasteiger partial charge on any atom is 0.326 e. The van der Waals surface area contributed by atoms with Crippen molar-refractivity contribution >= 4 is 39.4 Å². The Labute approximate surface area is 171 Å². The van der Waals surface area contributed by atoms with Crippen molar-refractivity contribution < 1.29 is 4.79 Å². The van der Waals surface area contributed by atoms with E-state index in [4.69, 9.17) is 11.6 Å². The summed E-state index contributed by atoms with van der Waals surface area (Å²) in [5.74, 6) is 0.00609. The average Bonchev–Trinajstić information content (AvgIpc) is 3.08. The van der Waals surface area contributed by atoms with Crippen molar-refractivity contribution in [1.82, 2.24) is 19.4 Å². The number of likely N-dealkylation sites (tertiary alicyclic amines) is 1. The molecule has 0 radical (unpaired) electrons. The Hall–Kier alpha value is -3.12. The minimum Gasteiger partial charge on any atom is -0.338 e. The fraction of sp³-hybridized carbons (Fsp3) is 0.227. The molecule has 2 aromatic heterocycles. The summed E-state index contributed by atoms with van der Waals surface area (Å²) < 4.78 is 1.84. The highest BCUT2D eigenvalue weighted by atomic mass is 35.5. The van der Waals surface area contributed by atoms with Gasteiger partial charge in [0.15, 0.2) is 0 Å². The van der Waals surface area contributed by atoms with Crippen LogP contribution in [0.15, 0.2) is 59.4 Å². The first kappa shape index (κ1) is 17.9. The molecular weight excluding hydrogens is 388 g/mol. The summed E-state index contributed by atoms with van der Waals surface area (Å²) in [4.78, 5) is 34.5. The smallest absolute Gasteiger partial charge is 0.326 e. The highest BCUT2D eigenvalue weighted by molar-refractivity contribution is 6.29. The monoisotopic (exact) mass is 406 g/mol. The average molecular weight is 407 g/mol. The van der Waals surface area contributed by atoms with E-state index in [9.17, 15) is 9.59 Å². The van der Waals surface area contributed by atoms with Gasteiger partial charge in [0.05, 0.1) is 16.6 Å². The van der Waals surface area contributed by atoms with Crippen LogP contribution >= 0.6 is 11.6 Å². The lowest BCUT2D eigenvalue weighted by Crippen LogP contribution is -2.40. The number of H-pyrrole nitrogens is 1. The number of carbonyl (C=O) groups excluding carboxylic acids is 1. The first-order valence-corrected chi connectivity index (χ1v) is 10.0. The van der Waals surface area contributed by atoms with Gasteiger partial charge in [-0.2, -0.15) is 0 Å². The van der Waals surface area contributed by atoms with Crippen LogP contribution in [0.1, 0.15) is 29.2 Å². The molecule has 29 heavy (non-hydrogen) atoms. The van der Waals surface area contributed by atoms with Gasteiger partial charge >= 0.3 is 5.69 Å². The predicted octanol–water partition coefficient (Wildman–Crippen LogP) is 4.01. The molecule has 1 fully saturated rings. The second kappa shape index (κ2) is 7.04. The molecule has 0 bridgehead atoms. The van der Waals surface area contributed by atoms with Crippen LogP contribution in [-0.4, -0.2) is 38.4 Å². The Morgan fingerprint density at radius 1 is 1.07 bits per heavy atom. The number of rotatable bonds is 2. The number of nitrogens with zero attached hydrogens (tertiary/aromatic N) is 3. The zero-order valence-corrected chi connectivity index (χ0v) is 16.4. The number of aromatic amines is 1. The largest absolute Gasteiger partial charge is 0.338 e. The van der Waals surface area contributed by atoms with Gasteiger partial charge in [0.2, 0.25) is 0 Å². The Morgan fingerprint density at radius 2 is 1.86 bits per heavy atom. The number of pyridine rings is 1. The molecule has 0 aliphatic carbocycles. The minimum atomic E-state index is -0.0864. The molecule has 1 N–H and O–H groups in total. The summed E-state index contributed by atoms with van der Waals surface area (Å²) >= 11 is 5.93. The molecule has 2 aromatic carbocycles. The Kier molecular flexibility index (Phi) is 4.36. The van der Waals surface area contributed by atoms with Gasteiger partial charge in [-0.3, -0.25) is 9.36 Å². The van der Waals surface area contributed by atoms with Crippen LogP contribution in [0.2, 0.25) is 5.15 Å². The fourth-order valence-corrected chi connectivity index (χ4v) is 4.33. The second-order valence-electron chi connectivity index (χ2n) is 7.38. The van der Waals surface area contributed by atoms with E-state index in [-0.39, 0.29) is 17.6 Å². The summed E-state index contributed by atoms with van der Waals surface area (Å²) in [6, 6.07) is 16.9. The zero-order valence-electron chi connectivity index (χ0n) is 15.6. The summed E-state index contributed by atoms with van der Waals surface area (Å²) in [7, 11) is 0. The van der Waals surface area contributed by atoms with Gasteiger partial charge < -0.3 is 9.88 Å². The fourth-order valence-electron chi connectivity index (χ4n) is 4.18. The molecule has 0 atom stereocenters. The van der Waals surface area contributed by atoms with Crippen LogP contribution in [0.3, 0.4) is 0 Å². The highest BCUT2D eigenvalue weighted by Crippen LogP contribution is 2.26. The molecule has 1 amide bonds. The molecule has 1 saturated heterocycles. The van der Waals surface area contributed by atoms with Crippen molar-refractivity contribution in [2.24, 2.45) is 0 Å². The standard InChI is InChI=1S/C22H19ClN4O2/c23-20-8-6-14-13-15(5-7-17(14)24-20)21(28)26-11-9-16(10-12-26)27-19-4-2-1-3-18(19)25-22(27)29/h1-8,13,16H,9-12H2,(H,25,29). The van der Waals surface area contributed by atoms with Crippen molar-refractivity contribution in [3.63, 3.8) is 0 Å². The van der Waals surface area contributed by atoms with E-state index in [1.165, 1.54) is 0 Å². The zero-order chi connectivity index (χ0) is 20.0. The van der Waals surface area contributed by atoms with E-state index in [0.717, 1.165) is 34.8 Å². The number of fused-ring (bicyclic) bond motifs is 2. The number of piperidine rings is 1. The van der Waals surface area contributed by atoms with Gasteiger partial charge in [0.25, 0.3) is 5.91 Å². The van der Waals surface area contributed by atoms with E-state index in [0.29, 0.717) is 23.8 Å². The van der Waals surface area contributed by atoms with Crippen LogP contribution in [0.5, 0.6) is 0 Å². The molecule has 0 unspecified atom stereocenters. The normalized spacial score (nSPS) is 15.3. The molecule has 1 aliphatic rings. The molecule has 5 rings (SSSR count). The maximum absolute atomic E-state index is 13.0. The van der Waals surface area contributed by atoms with Gasteiger partial charge in [-0.25, -0.2) is 9.78 Å². The van der Waals surface area contributed by atoms with Crippen LogP contribution in [0.4, 0.5) is 0 Å². The highest BCUT2D eigenvalue weighted by Gasteiger charge is 2.26. The second-order valence-corrected chi connectivity index (χ2v) is 7.77. The predicted molar refractivity (Wildman–Crippen MR) is 113 cm³/mol. The van der Waals surface area contributed by atoms with Crippen LogP contribution in [0.25, 0.3) is 21.9 Å².